The van der Waals surface area contributed by atoms with Gasteiger partial charge in [0.1, 0.15) is 0 Å². The smallest absolute Gasteiger partial charge is 0.177 e. The summed E-state index contributed by atoms with van der Waals surface area (Å²) in [6.07, 6.45) is 2.19. The van der Waals surface area contributed by atoms with E-state index < -0.39 is 9.84 Å². The molecule has 3 rings (SSSR count). The molecule has 24 heavy (non-hydrogen) atoms. The van der Waals surface area contributed by atoms with Crippen molar-refractivity contribution in [2.75, 3.05) is 31.2 Å². The molecular weight excluding hydrogens is 344 g/mol. The highest BCUT2D eigenvalue weighted by Crippen LogP contribution is 2.26. The lowest BCUT2D eigenvalue weighted by Gasteiger charge is -2.29. The van der Waals surface area contributed by atoms with E-state index in [2.05, 4.69) is 16.3 Å². The molecule has 0 unspecified atom stereocenters. The number of rotatable bonds is 5. The second-order valence-corrected chi connectivity index (χ2v) is 8.49. The van der Waals surface area contributed by atoms with Gasteiger partial charge in [-0.2, -0.15) is 0 Å². The average molecular weight is 365 g/mol. The predicted octanol–water partition coefficient (Wildman–Crippen LogP) is 3.21. The van der Waals surface area contributed by atoms with E-state index in [1.54, 1.807) is 12.1 Å². The number of anilines is 1. The highest BCUT2D eigenvalue weighted by molar-refractivity contribution is 7.90. The monoisotopic (exact) mass is 364 g/mol. The number of fused-ring (bicyclic) bond motifs is 1. The van der Waals surface area contributed by atoms with Crippen LogP contribution in [0, 0.1) is 0 Å². The van der Waals surface area contributed by atoms with Crippen LogP contribution in [0.2, 0.25) is 5.02 Å². The van der Waals surface area contributed by atoms with E-state index in [4.69, 9.17) is 11.6 Å². The van der Waals surface area contributed by atoms with Gasteiger partial charge in [-0.1, -0.05) is 35.9 Å². The van der Waals surface area contributed by atoms with Crippen LogP contribution in [0.4, 0.5) is 5.69 Å². The zero-order valence-corrected chi connectivity index (χ0v) is 15.2. The van der Waals surface area contributed by atoms with Gasteiger partial charge in [-0.15, -0.1) is 0 Å². The first-order valence-corrected chi connectivity index (χ1v) is 10.2. The number of halogens is 1. The van der Waals surface area contributed by atoms with Gasteiger partial charge in [0.25, 0.3) is 0 Å². The standard InChI is InChI=1S/C18H21ClN2O2S/c1-24(22,23)18-8-3-2-7-17(18)20-10-12-21-11-9-15-14(13-21)5-4-6-16(15)19/h2-8,20H,9-13H2,1H3. The Bertz CT molecular complexity index is 837. The SMILES string of the molecule is CS(=O)(=O)c1ccccc1NCCN1CCc2c(Cl)cccc2C1. The van der Waals surface area contributed by atoms with Gasteiger partial charge in [0.15, 0.2) is 9.84 Å². The van der Waals surface area contributed by atoms with Gasteiger partial charge < -0.3 is 5.32 Å². The third-order valence-corrected chi connectivity index (χ3v) is 5.83. The lowest BCUT2D eigenvalue weighted by atomic mass is 10.00. The van der Waals surface area contributed by atoms with E-state index in [1.165, 1.54) is 17.4 Å². The van der Waals surface area contributed by atoms with E-state index in [0.717, 1.165) is 31.1 Å². The summed E-state index contributed by atoms with van der Waals surface area (Å²) < 4.78 is 23.6. The molecule has 0 aromatic heterocycles. The minimum absolute atomic E-state index is 0.348. The fraction of sp³-hybridized carbons (Fsp3) is 0.333. The van der Waals surface area contributed by atoms with Crippen LogP contribution in [0.15, 0.2) is 47.4 Å². The fourth-order valence-electron chi connectivity index (χ4n) is 3.10. The van der Waals surface area contributed by atoms with E-state index >= 15 is 0 Å². The number of hydrogen-bond donors (Lipinski definition) is 1. The maximum atomic E-state index is 11.8. The molecule has 2 aromatic carbocycles. The summed E-state index contributed by atoms with van der Waals surface area (Å²) in [5.41, 5.74) is 3.21. The van der Waals surface area contributed by atoms with E-state index in [0.29, 0.717) is 17.1 Å². The molecule has 0 amide bonds. The van der Waals surface area contributed by atoms with Crippen molar-refractivity contribution in [3.8, 4) is 0 Å². The van der Waals surface area contributed by atoms with Gasteiger partial charge >= 0.3 is 0 Å². The van der Waals surface area contributed by atoms with Gasteiger partial charge in [-0.05, 0) is 35.7 Å². The number of sulfone groups is 1. The molecule has 0 fully saturated rings. The van der Waals surface area contributed by atoms with E-state index in [9.17, 15) is 8.42 Å². The molecule has 0 aliphatic carbocycles. The zero-order valence-electron chi connectivity index (χ0n) is 13.6. The van der Waals surface area contributed by atoms with Crippen molar-refractivity contribution in [3.05, 3.63) is 58.6 Å². The van der Waals surface area contributed by atoms with Crippen LogP contribution in [0.3, 0.4) is 0 Å². The lowest BCUT2D eigenvalue weighted by Crippen LogP contribution is -2.34. The molecule has 0 saturated carbocycles. The van der Waals surface area contributed by atoms with Gasteiger partial charge in [0.05, 0.1) is 10.6 Å². The highest BCUT2D eigenvalue weighted by Gasteiger charge is 2.18. The Hall–Kier alpha value is -1.56. The van der Waals surface area contributed by atoms with Crippen LogP contribution in [0.25, 0.3) is 0 Å². The largest absolute Gasteiger partial charge is 0.383 e. The first kappa shape index (κ1) is 17.3. The average Bonchev–Trinajstić information content (AvgIpc) is 2.54. The van der Waals surface area contributed by atoms with Gasteiger partial charge in [-0.25, -0.2) is 8.42 Å². The van der Waals surface area contributed by atoms with Crippen molar-refractivity contribution in [1.29, 1.82) is 0 Å². The summed E-state index contributed by atoms with van der Waals surface area (Å²) in [6, 6.07) is 13.1. The molecule has 0 radical (unpaired) electrons. The summed E-state index contributed by atoms with van der Waals surface area (Å²) in [4.78, 5) is 2.70. The third-order valence-electron chi connectivity index (χ3n) is 4.32. The summed E-state index contributed by atoms with van der Waals surface area (Å²) in [6.45, 7) is 3.39. The topological polar surface area (TPSA) is 49.4 Å². The van der Waals surface area contributed by atoms with E-state index in [1.807, 2.05) is 24.3 Å². The Balaban J connectivity index is 1.61. The van der Waals surface area contributed by atoms with Crippen LogP contribution in [0.5, 0.6) is 0 Å². The Kier molecular flexibility index (Phi) is 5.13. The van der Waals surface area contributed by atoms with Crippen molar-refractivity contribution in [3.63, 3.8) is 0 Å². The molecule has 0 spiro atoms. The van der Waals surface area contributed by atoms with Gasteiger partial charge in [0, 0.05) is 37.5 Å². The molecule has 128 valence electrons. The van der Waals surface area contributed by atoms with Crippen LogP contribution >= 0.6 is 11.6 Å². The third kappa shape index (κ3) is 3.91. The Labute approximate surface area is 148 Å². The number of benzene rings is 2. The van der Waals surface area contributed by atoms with Gasteiger partial charge in [-0.3, -0.25) is 4.90 Å². The molecule has 1 N–H and O–H groups in total. The molecule has 2 aromatic rings. The summed E-state index contributed by atoms with van der Waals surface area (Å²) in [5.74, 6) is 0. The maximum absolute atomic E-state index is 11.8. The summed E-state index contributed by atoms with van der Waals surface area (Å²) in [7, 11) is -3.22. The number of nitrogens with one attached hydrogen (secondary N) is 1. The van der Waals surface area contributed by atoms with Crippen LogP contribution in [0.1, 0.15) is 11.1 Å². The van der Waals surface area contributed by atoms with Crippen molar-refractivity contribution < 1.29 is 8.42 Å². The summed E-state index contributed by atoms with van der Waals surface area (Å²) in [5, 5.41) is 4.11. The van der Waals surface area contributed by atoms with Gasteiger partial charge in [0.2, 0.25) is 0 Å². The quantitative estimate of drug-likeness (QED) is 0.885. The van der Waals surface area contributed by atoms with Crippen molar-refractivity contribution >= 4 is 27.1 Å². The summed E-state index contributed by atoms with van der Waals surface area (Å²) >= 11 is 6.25. The van der Waals surface area contributed by atoms with Crippen molar-refractivity contribution in [2.24, 2.45) is 0 Å². The van der Waals surface area contributed by atoms with Crippen molar-refractivity contribution in [2.45, 2.75) is 17.9 Å². The second kappa shape index (κ2) is 7.13. The number of hydrogen-bond acceptors (Lipinski definition) is 4. The molecule has 1 heterocycles. The Morgan fingerprint density at radius 2 is 1.96 bits per heavy atom. The Morgan fingerprint density at radius 3 is 2.75 bits per heavy atom. The van der Waals surface area contributed by atoms with Crippen LogP contribution in [-0.2, 0) is 22.8 Å². The number of para-hydroxylation sites is 1. The minimum Gasteiger partial charge on any atom is -0.383 e. The molecule has 4 nitrogen and oxygen atoms in total. The molecular formula is C18H21ClN2O2S. The molecule has 1 aliphatic rings. The molecule has 6 heteroatoms. The van der Waals surface area contributed by atoms with Crippen LogP contribution < -0.4 is 5.32 Å². The second-order valence-electron chi connectivity index (χ2n) is 6.10. The lowest BCUT2D eigenvalue weighted by molar-refractivity contribution is 0.264. The van der Waals surface area contributed by atoms with Crippen LogP contribution in [-0.4, -0.2) is 39.2 Å². The first-order chi connectivity index (χ1) is 11.4. The fourth-order valence-corrected chi connectivity index (χ4v) is 4.25. The molecule has 0 atom stereocenters. The maximum Gasteiger partial charge on any atom is 0.177 e. The first-order valence-electron chi connectivity index (χ1n) is 7.97. The normalized spacial score (nSPS) is 15.1. The number of nitrogens with zero attached hydrogens (tertiary/aromatic N) is 1. The van der Waals surface area contributed by atoms with E-state index in [-0.39, 0.29) is 0 Å². The molecule has 1 aliphatic heterocycles. The molecule has 0 bridgehead atoms. The minimum atomic E-state index is -3.22. The highest BCUT2D eigenvalue weighted by atomic mass is 35.5. The zero-order chi connectivity index (χ0) is 17.2. The predicted molar refractivity (Wildman–Crippen MR) is 98.5 cm³/mol. The Morgan fingerprint density at radius 1 is 1.17 bits per heavy atom. The molecule has 0 saturated heterocycles. The van der Waals surface area contributed by atoms with Crippen molar-refractivity contribution in [1.82, 2.24) is 4.90 Å².